The van der Waals surface area contributed by atoms with Crippen molar-refractivity contribution in [3.63, 3.8) is 0 Å². The Kier molecular flexibility index (Phi) is 6.06. The molecule has 1 heterocycles. The minimum Gasteiger partial charge on any atom is -0.385 e. The molecule has 2 amide bonds. The quantitative estimate of drug-likeness (QED) is 0.789. The summed E-state index contributed by atoms with van der Waals surface area (Å²) in [6.45, 7) is 0.757. The van der Waals surface area contributed by atoms with Crippen LogP contribution in [-0.4, -0.2) is 56.7 Å². The highest BCUT2D eigenvalue weighted by molar-refractivity contribution is 5.86. The lowest BCUT2D eigenvalue weighted by molar-refractivity contribution is -0.162. The summed E-state index contributed by atoms with van der Waals surface area (Å²) in [4.78, 5) is 25.6. The maximum absolute atomic E-state index is 14.1. The van der Waals surface area contributed by atoms with Crippen LogP contribution in [0.15, 0.2) is 24.3 Å². The molecule has 1 fully saturated rings. The topological polar surface area (TPSA) is 67.9 Å². The summed E-state index contributed by atoms with van der Waals surface area (Å²) < 4.78 is 24.4. The van der Waals surface area contributed by atoms with Gasteiger partial charge in [0.05, 0.1) is 6.04 Å². The Bertz CT molecular complexity index is 567. The molecule has 1 aromatic rings. The van der Waals surface area contributed by atoms with Crippen LogP contribution in [0.1, 0.15) is 18.0 Å². The molecule has 6 nitrogen and oxygen atoms in total. The molecule has 1 aromatic carbocycles. The number of nitrogens with one attached hydrogen (secondary N) is 1. The van der Waals surface area contributed by atoms with E-state index < -0.39 is 18.0 Å². The third kappa shape index (κ3) is 4.05. The van der Waals surface area contributed by atoms with Crippen LogP contribution in [0.25, 0.3) is 0 Å². The van der Waals surface area contributed by atoms with Gasteiger partial charge < -0.3 is 19.7 Å². The van der Waals surface area contributed by atoms with Crippen molar-refractivity contribution >= 4 is 11.8 Å². The van der Waals surface area contributed by atoms with E-state index in [0.717, 1.165) is 0 Å². The van der Waals surface area contributed by atoms with Crippen molar-refractivity contribution in [1.29, 1.82) is 0 Å². The predicted octanol–water partition coefficient (Wildman–Crippen LogP) is 0.877. The van der Waals surface area contributed by atoms with E-state index in [9.17, 15) is 14.0 Å². The van der Waals surface area contributed by atoms with Crippen LogP contribution in [0.5, 0.6) is 0 Å². The molecule has 126 valence electrons. The van der Waals surface area contributed by atoms with Gasteiger partial charge in [-0.2, -0.15) is 0 Å². The van der Waals surface area contributed by atoms with Crippen LogP contribution in [-0.2, 0) is 19.1 Å². The molecule has 1 aliphatic heterocycles. The van der Waals surface area contributed by atoms with Crippen molar-refractivity contribution in [2.75, 3.05) is 33.9 Å². The number of methoxy groups -OCH3 is 1. The summed E-state index contributed by atoms with van der Waals surface area (Å²) in [6.07, 6.45) is -0.286. The Labute approximate surface area is 134 Å². The highest BCUT2D eigenvalue weighted by Gasteiger charge is 2.41. The van der Waals surface area contributed by atoms with Crippen LogP contribution in [0.2, 0.25) is 0 Å². The van der Waals surface area contributed by atoms with Crippen molar-refractivity contribution in [2.24, 2.45) is 0 Å². The Balaban J connectivity index is 2.17. The second kappa shape index (κ2) is 8.03. The van der Waals surface area contributed by atoms with Gasteiger partial charge in [0.15, 0.2) is 6.10 Å². The highest BCUT2D eigenvalue weighted by Crippen LogP contribution is 2.30. The van der Waals surface area contributed by atoms with Gasteiger partial charge in [-0.1, -0.05) is 18.2 Å². The van der Waals surface area contributed by atoms with Crippen molar-refractivity contribution in [3.05, 3.63) is 35.6 Å². The van der Waals surface area contributed by atoms with Gasteiger partial charge in [0.1, 0.15) is 12.4 Å². The molecule has 2 atom stereocenters. The summed E-state index contributed by atoms with van der Waals surface area (Å²) >= 11 is 0. The molecular weight excluding hydrogens is 303 g/mol. The molecule has 1 N–H and O–H groups in total. The number of carbonyl (C=O) groups excluding carboxylic acids is 2. The molecule has 0 saturated carbocycles. The number of likely N-dealkylation sites (N-methyl/N-ethyl adjacent to an activating group) is 1. The van der Waals surface area contributed by atoms with Gasteiger partial charge in [0.25, 0.3) is 5.91 Å². The number of morpholine rings is 1. The highest BCUT2D eigenvalue weighted by atomic mass is 19.1. The number of halogens is 1. The molecule has 0 unspecified atom stereocenters. The first-order chi connectivity index (χ1) is 11.1. The van der Waals surface area contributed by atoms with Crippen LogP contribution < -0.4 is 5.32 Å². The van der Waals surface area contributed by atoms with Gasteiger partial charge >= 0.3 is 0 Å². The first kappa shape index (κ1) is 17.4. The van der Waals surface area contributed by atoms with E-state index in [-0.39, 0.29) is 24.0 Å². The minimum absolute atomic E-state index is 0.197. The molecule has 2 rings (SSSR count). The number of rotatable bonds is 6. The van der Waals surface area contributed by atoms with Gasteiger partial charge in [-0.05, 0) is 12.5 Å². The third-order valence-electron chi connectivity index (χ3n) is 3.79. The monoisotopic (exact) mass is 324 g/mol. The van der Waals surface area contributed by atoms with E-state index >= 15 is 0 Å². The van der Waals surface area contributed by atoms with Crippen LogP contribution in [0.4, 0.5) is 4.39 Å². The Hall–Kier alpha value is -1.99. The van der Waals surface area contributed by atoms with E-state index in [2.05, 4.69) is 5.32 Å². The summed E-state index contributed by atoms with van der Waals surface area (Å²) in [7, 11) is 3.13. The van der Waals surface area contributed by atoms with Crippen molar-refractivity contribution in [3.8, 4) is 0 Å². The molecular formula is C16H21FN2O4. The number of hydrogen-bond donors (Lipinski definition) is 1. The number of carbonyl (C=O) groups is 2. The van der Waals surface area contributed by atoms with E-state index in [4.69, 9.17) is 9.47 Å². The second-order valence-corrected chi connectivity index (χ2v) is 5.34. The summed E-state index contributed by atoms with van der Waals surface area (Å²) in [5.74, 6) is -1.13. The molecule has 0 bridgehead atoms. The van der Waals surface area contributed by atoms with Gasteiger partial charge in [0, 0.05) is 32.9 Å². The number of nitrogens with zero attached hydrogens (tertiary/aromatic N) is 1. The minimum atomic E-state index is -0.947. The first-order valence-corrected chi connectivity index (χ1v) is 7.44. The van der Waals surface area contributed by atoms with Crippen LogP contribution >= 0.6 is 0 Å². The lowest BCUT2D eigenvalue weighted by atomic mass is 9.97. The standard InChI is InChI=1S/C16H21FN2O4/c1-19-13(20)10-23-15(16(21)18-8-5-9-22-2)14(19)11-6-3-4-7-12(11)17/h3-4,6-7,14-15H,5,8-10H2,1-2H3,(H,18,21)/t14-,15+/m1/s1. The molecule has 1 aliphatic rings. The average Bonchev–Trinajstić information content (AvgIpc) is 2.55. The van der Waals surface area contributed by atoms with E-state index in [1.807, 2.05) is 0 Å². The van der Waals surface area contributed by atoms with Gasteiger partial charge in [-0.15, -0.1) is 0 Å². The number of amides is 2. The van der Waals surface area contributed by atoms with E-state index in [1.165, 1.54) is 11.0 Å². The molecule has 0 aromatic heterocycles. The molecule has 7 heteroatoms. The fourth-order valence-electron chi connectivity index (χ4n) is 2.55. The average molecular weight is 324 g/mol. The molecule has 1 saturated heterocycles. The predicted molar refractivity (Wildman–Crippen MR) is 81.2 cm³/mol. The Morgan fingerprint density at radius 1 is 1.48 bits per heavy atom. The normalized spacial score (nSPS) is 21.3. The fourth-order valence-corrected chi connectivity index (χ4v) is 2.55. The van der Waals surface area contributed by atoms with Gasteiger partial charge in [0.2, 0.25) is 5.91 Å². The van der Waals surface area contributed by atoms with Crippen LogP contribution in [0, 0.1) is 5.82 Å². The Morgan fingerprint density at radius 2 is 2.22 bits per heavy atom. The lowest BCUT2D eigenvalue weighted by Gasteiger charge is -2.38. The molecule has 23 heavy (non-hydrogen) atoms. The zero-order valence-electron chi connectivity index (χ0n) is 13.3. The lowest BCUT2D eigenvalue weighted by Crippen LogP contribution is -2.53. The second-order valence-electron chi connectivity index (χ2n) is 5.34. The van der Waals surface area contributed by atoms with Crippen molar-refractivity contribution in [1.82, 2.24) is 10.2 Å². The largest absolute Gasteiger partial charge is 0.385 e. The molecule has 0 spiro atoms. The zero-order chi connectivity index (χ0) is 16.8. The Morgan fingerprint density at radius 3 is 2.91 bits per heavy atom. The fraction of sp³-hybridized carbons (Fsp3) is 0.500. The smallest absolute Gasteiger partial charge is 0.251 e. The summed E-state index contributed by atoms with van der Waals surface area (Å²) in [5.41, 5.74) is 0.264. The van der Waals surface area contributed by atoms with Crippen molar-refractivity contribution in [2.45, 2.75) is 18.6 Å². The first-order valence-electron chi connectivity index (χ1n) is 7.44. The summed E-state index contributed by atoms with van der Waals surface area (Å²) in [6, 6.07) is 5.29. The van der Waals surface area contributed by atoms with Crippen LogP contribution in [0.3, 0.4) is 0 Å². The zero-order valence-corrected chi connectivity index (χ0v) is 13.3. The number of ether oxygens (including phenoxy) is 2. The SMILES string of the molecule is COCCCNC(=O)[C@H]1OCC(=O)N(C)[C@@H]1c1ccccc1F. The number of benzene rings is 1. The van der Waals surface area contributed by atoms with Gasteiger partial charge in [-0.3, -0.25) is 9.59 Å². The van der Waals surface area contributed by atoms with E-state index in [0.29, 0.717) is 19.6 Å². The third-order valence-corrected chi connectivity index (χ3v) is 3.79. The van der Waals surface area contributed by atoms with Crippen molar-refractivity contribution < 1.29 is 23.5 Å². The maximum atomic E-state index is 14.1. The summed E-state index contributed by atoms with van der Waals surface area (Å²) in [5, 5.41) is 2.74. The number of hydrogen-bond acceptors (Lipinski definition) is 4. The maximum Gasteiger partial charge on any atom is 0.251 e. The molecule has 0 aliphatic carbocycles. The molecule has 0 radical (unpaired) electrons. The van der Waals surface area contributed by atoms with E-state index in [1.54, 1.807) is 32.4 Å². The van der Waals surface area contributed by atoms with Gasteiger partial charge in [-0.25, -0.2) is 4.39 Å².